The lowest BCUT2D eigenvalue weighted by Gasteiger charge is -2.17. The molecule has 17 heavy (non-hydrogen) atoms. The van der Waals surface area contributed by atoms with Crippen molar-refractivity contribution < 1.29 is 26.2 Å². The topological polar surface area (TPSA) is 113 Å². The molecule has 0 unspecified atom stereocenters. The van der Waals surface area contributed by atoms with Gasteiger partial charge in [0, 0.05) is 0 Å². The van der Waals surface area contributed by atoms with Gasteiger partial charge in [0.2, 0.25) is 0 Å². The van der Waals surface area contributed by atoms with Crippen molar-refractivity contribution in [1.82, 2.24) is 0 Å². The molecule has 0 heterocycles. The molecule has 1 aromatic rings. The number of phenolic OH excluding ortho intramolecular Hbond substituents is 2. The van der Waals surface area contributed by atoms with Crippen LogP contribution in [0.1, 0.15) is 19.9 Å². The van der Waals surface area contributed by atoms with Crippen LogP contribution in [0.25, 0.3) is 0 Å². The lowest BCUT2D eigenvalue weighted by molar-refractivity contribution is -0.147. The molecule has 0 fully saturated rings. The first kappa shape index (κ1) is 11.7. The second kappa shape index (κ2) is 5.51. The third kappa shape index (κ3) is 3.08. The lowest BCUT2D eigenvalue weighted by atomic mass is 10.0. The highest BCUT2D eigenvalue weighted by molar-refractivity contribution is 5.76. The van der Waals surface area contributed by atoms with E-state index in [2.05, 4.69) is 4.74 Å². The predicted molar refractivity (Wildman–Crippen MR) is 59.3 cm³/mol. The number of carbonyl (C=O) groups excluding carboxylic acids is 1. The smallest absolute Gasteiger partial charge is 0.325 e. The van der Waals surface area contributed by atoms with Crippen LogP contribution in [0.15, 0.2) is 18.2 Å². The molecule has 6 heteroatoms. The molecule has 0 aromatic heterocycles. The van der Waals surface area contributed by atoms with Gasteiger partial charge in [-0.2, -0.15) is 0 Å². The molecule has 6 nitrogen and oxygen atoms in total. The Bertz CT molecular complexity index is 449. The summed E-state index contributed by atoms with van der Waals surface area (Å²) in [6.07, 6.45) is -2.46. The van der Waals surface area contributed by atoms with Crippen LogP contribution in [0, 0.1) is 0 Å². The summed E-state index contributed by atoms with van der Waals surface area (Å²) in [7, 11) is 0. The zero-order valence-electron chi connectivity index (χ0n) is 10.3. The van der Waals surface area contributed by atoms with Gasteiger partial charge in [-0.25, -0.2) is 0 Å². The highest BCUT2D eigenvalue weighted by Gasteiger charge is 2.25. The van der Waals surface area contributed by atoms with Crippen LogP contribution in [0.2, 0.25) is 0 Å². The molecule has 2 atom stereocenters. The molecule has 1 aromatic carbocycles. The number of hydrogen-bond donors (Lipinski definition) is 4. The molecule has 94 valence electrons. The molecule has 5 N–H and O–H groups in total. The van der Waals surface area contributed by atoms with Gasteiger partial charge in [0.15, 0.2) is 11.5 Å². The first-order valence-electron chi connectivity index (χ1n) is 5.47. The zero-order chi connectivity index (χ0) is 13.9. The van der Waals surface area contributed by atoms with Gasteiger partial charge in [-0.1, -0.05) is 6.07 Å². The van der Waals surface area contributed by atoms with Crippen LogP contribution >= 0.6 is 0 Å². The van der Waals surface area contributed by atoms with Crippen LogP contribution in [-0.2, 0) is 9.53 Å². The van der Waals surface area contributed by atoms with E-state index in [1.54, 1.807) is 6.92 Å². The van der Waals surface area contributed by atoms with Crippen molar-refractivity contribution in [1.29, 1.82) is 0 Å². The Hall–Kier alpha value is -1.79. The van der Waals surface area contributed by atoms with E-state index in [-0.39, 0.29) is 12.2 Å². The Labute approximate surface area is 99.7 Å². The van der Waals surface area contributed by atoms with Crippen molar-refractivity contribution in [3.63, 3.8) is 0 Å². The first-order chi connectivity index (χ1) is 8.30. The Balaban J connectivity index is 3.04. The SMILES string of the molecule is [2H][C@](O)(c1ccc(O)c(O)c1)[C@H](N)C(=O)OCC. The van der Waals surface area contributed by atoms with Crippen molar-refractivity contribution in [2.24, 2.45) is 5.73 Å². The van der Waals surface area contributed by atoms with Crippen molar-refractivity contribution in [2.75, 3.05) is 6.61 Å². The van der Waals surface area contributed by atoms with E-state index in [1.807, 2.05) is 0 Å². The first-order valence-corrected chi connectivity index (χ1v) is 4.97. The monoisotopic (exact) mass is 242 g/mol. The Kier molecular flexibility index (Phi) is 3.79. The third-order valence-electron chi connectivity index (χ3n) is 2.11. The van der Waals surface area contributed by atoms with Gasteiger partial charge in [0.1, 0.15) is 12.1 Å². The molecule has 0 saturated heterocycles. The standard InChI is InChI=1S/C11H15NO5/c1-2-17-11(16)9(12)10(15)6-3-4-7(13)8(14)5-6/h3-5,9-10,13-15H,2,12H2,1H3/t9-,10-/m0/s1/i10D. The maximum absolute atomic E-state index is 11.4. The van der Waals surface area contributed by atoms with Gasteiger partial charge in [0.25, 0.3) is 0 Å². The summed E-state index contributed by atoms with van der Waals surface area (Å²) in [5, 5.41) is 28.3. The Morgan fingerprint density at radius 2 is 2.18 bits per heavy atom. The fourth-order valence-electron chi connectivity index (χ4n) is 1.21. The van der Waals surface area contributed by atoms with Gasteiger partial charge < -0.3 is 25.8 Å². The van der Waals surface area contributed by atoms with Gasteiger partial charge in [-0.3, -0.25) is 4.79 Å². The highest BCUT2D eigenvalue weighted by atomic mass is 16.5. The zero-order valence-corrected chi connectivity index (χ0v) is 9.25. The van der Waals surface area contributed by atoms with Crippen LogP contribution in [-0.4, -0.2) is 33.9 Å². The van der Waals surface area contributed by atoms with Crippen molar-refractivity contribution in [2.45, 2.75) is 19.0 Å². The van der Waals surface area contributed by atoms with E-state index in [9.17, 15) is 15.0 Å². The normalized spacial score (nSPS) is 16.8. The summed E-state index contributed by atoms with van der Waals surface area (Å²) in [6, 6.07) is 1.60. The van der Waals surface area contributed by atoms with Crippen molar-refractivity contribution >= 4 is 5.97 Å². The number of nitrogens with two attached hydrogens (primary N) is 1. The number of phenols is 2. The number of aromatic hydroxyl groups is 2. The number of aliphatic hydroxyl groups is 1. The van der Waals surface area contributed by atoms with Gasteiger partial charge in [-0.15, -0.1) is 0 Å². The molecule has 0 aliphatic carbocycles. The molecular formula is C11H15NO5. The average Bonchev–Trinajstić information content (AvgIpc) is 2.31. The second-order valence-corrected chi connectivity index (χ2v) is 3.32. The van der Waals surface area contributed by atoms with E-state index in [1.165, 1.54) is 6.07 Å². The minimum absolute atomic E-state index is 0.0729. The van der Waals surface area contributed by atoms with Crippen LogP contribution < -0.4 is 5.73 Å². The minimum atomic E-state index is -2.46. The molecule has 0 radical (unpaired) electrons. The van der Waals surface area contributed by atoms with Gasteiger partial charge >= 0.3 is 5.97 Å². The summed E-state index contributed by atoms with van der Waals surface area (Å²) in [5.41, 5.74) is 5.32. The maximum atomic E-state index is 11.4. The maximum Gasteiger partial charge on any atom is 0.325 e. The minimum Gasteiger partial charge on any atom is -0.504 e. The summed E-state index contributed by atoms with van der Waals surface area (Å²) in [4.78, 5) is 11.4. The largest absolute Gasteiger partial charge is 0.504 e. The summed E-state index contributed by atoms with van der Waals surface area (Å²) >= 11 is 0. The van der Waals surface area contributed by atoms with E-state index < -0.39 is 29.6 Å². The van der Waals surface area contributed by atoms with Crippen LogP contribution in [0.4, 0.5) is 0 Å². The highest BCUT2D eigenvalue weighted by Crippen LogP contribution is 2.28. The van der Waals surface area contributed by atoms with E-state index in [0.29, 0.717) is 0 Å². The fraction of sp³-hybridized carbons (Fsp3) is 0.364. The molecule has 0 bridgehead atoms. The van der Waals surface area contributed by atoms with E-state index in [4.69, 9.17) is 12.2 Å². The number of rotatable bonds is 4. The third-order valence-corrected chi connectivity index (χ3v) is 2.11. The van der Waals surface area contributed by atoms with Gasteiger partial charge in [0.05, 0.1) is 7.98 Å². The molecular weight excluding hydrogens is 226 g/mol. The van der Waals surface area contributed by atoms with E-state index in [0.717, 1.165) is 12.1 Å². The predicted octanol–water partition coefficient (Wildman–Crippen LogP) is 0.0216. The number of carbonyl (C=O) groups is 1. The van der Waals surface area contributed by atoms with E-state index >= 15 is 0 Å². The van der Waals surface area contributed by atoms with Crippen LogP contribution in [0.5, 0.6) is 11.5 Å². The number of benzene rings is 1. The lowest BCUT2D eigenvalue weighted by Crippen LogP contribution is -2.38. The second-order valence-electron chi connectivity index (χ2n) is 3.32. The van der Waals surface area contributed by atoms with Crippen molar-refractivity contribution in [3.8, 4) is 11.5 Å². The van der Waals surface area contributed by atoms with Crippen LogP contribution in [0.3, 0.4) is 0 Å². The summed E-state index contributed by atoms with van der Waals surface area (Å²) in [5.74, 6) is -1.85. The quantitative estimate of drug-likeness (QED) is 0.437. The molecule has 1 rings (SSSR count). The molecule has 0 saturated carbocycles. The summed E-state index contributed by atoms with van der Waals surface area (Å²) in [6.45, 7) is 1.64. The molecule has 0 spiro atoms. The molecule has 0 aliphatic heterocycles. The summed E-state index contributed by atoms with van der Waals surface area (Å²) < 4.78 is 12.3. The molecule has 0 amide bonds. The Morgan fingerprint density at radius 1 is 1.53 bits per heavy atom. The Morgan fingerprint density at radius 3 is 2.71 bits per heavy atom. The average molecular weight is 242 g/mol. The van der Waals surface area contributed by atoms with Crippen molar-refractivity contribution in [3.05, 3.63) is 23.8 Å². The van der Waals surface area contributed by atoms with Gasteiger partial charge in [-0.05, 0) is 24.6 Å². The number of esters is 1. The molecule has 0 aliphatic rings. The number of ether oxygens (including phenoxy) is 1. The number of hydrogen-bond acceptors (Lipinski definition) is 6. The fourth-order valence-corrected chi connectivity index (χ4v) is 1.21.